The van der Waals surface area contributed by atoms with Gasteiger partial charge in [0.05, 0.1) is 17.7 Å². The fourth-order valence-corrected chi connectivity index (χ4v) is 2.30. The maximum atomic E-state index is 13.5. The van der Waals surface area contributed by atoms with E-state index in [1.165, 1.54) is 29.7 Å². The molecule has 23 heavy (non-hydrogen) atoms. The van der Waals surface area contributed by atoms with Crippen LogP contribution in [-0.2, 0) is 7.05 Å². The van der Waals surface area contributed by atoms with E-state index in [0.717, 1.165) is 6.07 Å². The summed E-state index contributed by atoms with van der Waals surface area (Å²) in [7, 11) is 1.64. The first kappa shape index (κ1) is 17.2. The molecule has 0 bridgehead atoms. The summed E-state index contributed by atoms with van der Waals surface area (Å²) in [6, 6.07) is 4.73. The van der Waals surface area contributed by atoms with Gasteiger partial charge in [-0.15, -0.1) is 0 Å². The molecule has 2 aromatic rings. The molecule has 1 aromatic heterocycles. The number of aryl methyl sites for hydroxylation is 1. The van der Waals surface area contributed by atoms with Crippen molar-refractivity contribution < 1.29 is 19.1 Å². The van der Waals surface area contributed by atoms with Crippen molar-refractivity contribution in [2.45, 2.75) is 13.0 Å². The highest BCUT2D eigenvalue weighted by molar-refractivity contribution is 6.30. The molecule has 1 aromatic carbocycles. The van der Waals surface area contributed by atoms with Crippen LogP contribution in [0.15, 0.2) is 30.5 Å². The van der Waals surface area contributed by atoms with Gasteiger partial charge in [0.15, 0.2) is 5.78 Å². The number of amides is 1. The third-order valence-electron chi connectivity index (χ3n) is 3.48. The number of hydrogen-bond acceptors (Lipinski definition) is 3. The number of nitrogens with one attached hydrogen (secondary N) is 1. The molecule has 5 nitrogen and oxygen atoms in total. The summed E-state index contributed by atoms with van der Waals surface area (Å²) in [6.45, 7) is 1.00. The number of aliphatic hydroxyl groups excluding tert-OH is 1. The monoisotopic (exact) mass is 338 g/mol. The molecule has 0 spiro atoms. The van der Waals surface area contributed by atoms with E-state index in [0.29, 0.717) is 11.1 Å². The molecular formula is C16H16ClFN2O3. The molecule has 0 saturated carbocycles. The molecule has 122 valence electrons. The van der Waals surface area contributed by atoms with Crippen molar-refractivity contribution in [2.75, 3.05) is 6.61 Å². The Hall–Kier alpha value is -2.18. The Labute approximate surface area is 137 Å². The predicted molar refractivity (Wildman–Crippen MR) is 84.1 cm³/mol. The van der Waals surface area contributed by atoms with Gasteiger partial charge in [-0.3, -0.25) is 9.59 Å². The first-order chi connectivity index (χ1) is 10.8. The normalized spacial score (nSPS) is 12.0. The Morgan fingerprint density at radius 3 is 2.61 bits per heavy atom. The zero-order valence-corrected chi connectivity index (χ0v) is 13.4. The van der Waals surface area contributed by atoms with Gasteiger partial charge in [-0.1, -0.05) is 17.7 Å². The smallest absolute Gasteiger partial charge is 0.268 e. The minimum Gasteiger partial charge on any atom is -0.394 e. The lowest BCUT2D eigenvalue weighted by atomic mass is 10.1. The van der Waals surface area contributed by atoms with E-state index in [4.69, 9.17) is 11.6 Å². The number of hydrogen-bond donors (Lipinski definition) is 2. The number of benzene rings is 1. The van der Waals surface area contributed by atoms with Crippen molar-refractivity contribution in [3.05, 3.63) is 58.1 Å². The molecule has 1 atom stereocenters. The quantitative estimate of drug-likeness (QED) is 0.823. The van der Waals surface area contributed by atoms with Crippen LogP contribution in [0.5, 0.6) is 0 Å². The van der Waals surface area contributed by atoms with Crippen molar-refractivity contribution in [3.63, 3.8) is 0 Å². The number of rotatable bonds is 5. The van der Waals surface area contributed by atoms with Crippen molar-refractivity contribution >= 4 is 23.3 Å². The van der Waals surface area contributed by atoms with Gasteiger partial charge in [-0.25, -0.2) is 4.39 Å². The lowest BCUT2D eigenvalue weighted by Gasteiger charge is -2.17. The number of carbonyl (C=O) groups is 2. The largest absolute Gasteiger partial charge is 0.394 e. The highest BCUT2D eigenvalue weighted by atomic mass is 35.5. The molecule has 0 fully saturated rings. The first-order valence-electron chi connectivity index (χ1n) is 6.87. The zero-order valence-electron chi connectivity index (χ0n) is 12.6. The number of Topliss-reactive ketones (excluding diaryl/α,β-unsaturated/α-hetero) is 1. The topological polar surface area (TPSA) is 71.3 Å². The van der Waals surface area contributed by atoms with Gasteiger partial charge in [-0.2, -0.15) is 0 Å². The second kappa shape index (κ2) is 6.93. The SMILES string of the molecule is CC(=O)c1cc(C(=O)NC(CO)c2ccc(Cl)c(F)c2)n(C)c1. The summed E-state index contributed by atoms with van der Waals surface area (Å²) in [4.78, 5) is 23.7. The fraction of sp³-hybridized carbons (Fsp3) is 0.250. The summed E-state index contributed by atoms with van der Waals surface area (Å²) >= 11 is 5.62. The standard InChI is InChI=1S/C16H16ClFN2O3/c1-9(22)11-6-15(20(2)7-11)16(23)19-14(8-21)10-3-4-12(17)13(18)5-10/h3-7,14,21H,8H2,1-2H3,(H,19,23). The molecule has 1 amide bonds. The average Bonchev–Trinajstić information content (AvgIpc) is 2.90. The number of carbonyl (C=O) groups excluding carboxylic acids is 2. The molecule has 0 saturated heterocycles. The molecule has 2 N–H and O–H groups in total. The van der Waals surface area contributed by atoms with E-state index >= 15 is 0 Å². The van der Waals surface area contributed by atoms with Crippen LogP contribution >= 0.6 is 11.6 Å². The second-order valence-corrected chi connectivity index (χ2v) is 5.57. The van der Waals surface area contributed by atoms with E-state index in [-0.39, 0.29) is 16.5 Å². The highest BCUT2D eigenvalue weighted by Gasteiger charge is 2.19. The van der Waals surface area contributed by atoms with Crippen LogP contribution in [0.25, 0.3) is 0 Å². The summed E-state index contributed by atoms with van der Waals surface area (Å²) in [6.07, 6.45) is 1.55. The number of aromatic nitrogens is 1. The lowest BCUT2D eigenvalue weighted by molar-refractivity contribution is 0.0907. The summed E-state index contributed by atoms with van der Waals surface area (Å²) < 4.78 is 15.0. The van der Waals surface area contributed by atoms with Crippen LogP contribution in [0.4, 0.5) is 4.39 Å². The number of nitrogens with zero attached hydrogens (tertiary/aromatic N) is 1. The van der Waals surface area contributed by atoms with Crippen molar-refractivity contribution in [1.82, 2.24) is 9.88 Å². The third kappa shape index (κ3) is 3.78. The molecule has 7 heteroatoms. The number of aliphatic hydroxyl groups is 1. The van der Waals surface area contributed by atoms with Gasteiger partial charge in [0.1, 0.15) is 11.5 Å². The van der Waals surface area contributed by atoms with Gasteiger partial charge in [0.25, 0.3) is 5.91 Å². The maximum absolute atomic E-state index is 13.5. The predicted octanol–water partition coefficient (Wildman–Crippen LogP) is 2.48. The Kier molecular flexibility index (Phi) is 5.18. The second-order valence-electron chi connectivity index (χ2n) is 5.16. The van der Waals surface area contributed by atoms with E-state index in [2.05, 4.69) is 5.32 Å². The molecule has 2 rings (SSSR count). The van der Waals surface area contributed by atoms with Gasteiger partial charge in [0, 0.05) is 18.8 Å². The van der Waals surface area contributed by atoms with Gasteiger partial charge in [0.2, 0.25) is 0 Å². The Morgan fingerprint density at radius 1 is 1.39 bits per heavy atom. The van der Waals surface area contributed by atoms with Crippen LogP contribution in [0.3, 0.4) is 0 Å². The number of ketones is 1. The highest BCUT2D eigenvalue weighted by Crippen LogP contribution is 2.20. The van der Waals surface area contributed by atoms with E-state index in [1.807, 2.05) is 0 Å². The van der Waals surface area contributed by atoms with Crippen LogP contribution in [0.2, 0.25) is 5.02 Å². The Balaban J connectivity index is 2.22. The van der Waals surface area contributed by atoms with Gasteiger partial charge >= 0.3 is 0 Å². The Morgan fingerprint density at radius 2 is 2.09 bits per heavy atom. The third-order valence-corrected chi connectivity index (χ3v) is 3.78. The number of halogens is 2. The van der Waals surface area contributed by atoms with Gasteiger partial charge < -0.3 is 15.0 Å². The fourth-order valence-electron chi connectivity index (χ4n) is 2.18. The maximum Gasteiger partial charge on any atom is 0.268 e. The van der Waals surface area contributed by atoms with Crippen LogP contribution in [0, 0.1) is 5.82 Å². The van der Waals surface area contributed by atoms with Crippen LogP contribution < -0.4 is 5.32 Å². The van der Waals surface area contributed by atoms with Crippen LogP contribution in [0.1, 0.15) is 39.4 Å². The summed E-state index contributed by atoms with van der Waals surface area (Å²) in [5.41, 5.74) is 1.07. The summed E-state index contributed by atoms with van der Waals surface area (Å²) in [5.74, 6) is -1.26. The van der Waals surface area contributed by atoms with E-state index < -0.39 is 24.4 Å². The molecule has 0 radical (unpaired) electrons. The van der Waals surface area contributed by atoms with Gasteiger partial charge in [-0.05, 0) is 30.7 Å². The Bertz CT molecular complexity index is 758. The molecule has 1 heterocycles. The molecule has 0 aliphatic heterocycles. The zero-order chi connectivity index (χ0) is 17.1. The van der Waals surface area contributed by atoms with Crippen molar-refractivity contribution in [2.24, 2.45) is 7.05 Å². The minimum atomic E-state index is -0.787. The molecule has 0 aliphatic carbocycles. The van der Waals surface area contributed by atoms with Crippen LogP contribution in [-0.4, -0.2) is 28.0 Å². The lowest BCUT2D eigenvalue weighted by Crippen LogP contribution is -2.32. The average molecular weight is 339 g/mol. The molecular weight excluding hydrogens is 323 g/mol. The van der Waals surface area contributed by atoms with Crippen molar-refractivity contribution in [3.8, 4) is 0 Å². The summed E-state index contributed by atoms with van der Waals surface area (Å²) in [5, 5.41) is 12.0. The van der Waals surface area contributed by atoms with Crippen molar-refractivity contribution in [1.29, 1.82) is 0 Å². The van der Waals surface area contributed by atoms with E-state index in [9.17, 15) is 19.1 Å². The molecule has 1 unspecified atom stereocenters. The first-order valence-corrected chi connectivity index (χ1v) is 7.25. The van der Waals surface area contributed by atoms with E-state index in [1.54, 1.807) is 13.2 Å². The molecule has 0 aliphatic rings. The minimum absolute atomic E-state index is 0.0368.